The van der Waals surface area contributed by atoms with Crippen LogP contribution in [0.2, 0.25) is 0 Å². The zero-order valence-electron chi connectivity index (χ0n) is 10.3. The summed E-state index contributed by atoms with van der Waals surface area (Å²) in [5, 5.41) is 10.5. The van der Waals surface area contributed by atoms with Crippen LogP contribution >= 0.6 is 0 Å². The predicted octanol–water partition coefficient (Wildman–Crippen LogP) is 1.82. The summed E-state index contributed by atoms with van der Waals surface area (Å²) in [4.78, 5) is 25.9. The van der Waals surface area contributed by atoms with E-state index in [4.69, 9.17) is 5.11 Å². The average Bonchev–Trinajstić information content (AvgIpc) is 2.44. The second-order valence-electron chi connectivity index (χ2n) is 4.55. The molecule has 0 radical (unpaired) electrons. The van der Waals surface area contributed by atoms with Gasteiger partial charge in [-0.2, -0.15) is 0 Å². The van der Waals surface area contributed by atoms with E-state index in [1.165, 1.54) is 4.90 Å². The lowest BCUT2D eigenvalue weighted by atomic mass is 9.94. The molecule has 19 heavy (non-hydrogen) atoms. The van der Waals surface area contributed by atoms with Gasteiger partial charge in [-0.3, -0.25) is 14.5 Å². The lowest BCUT2D eigenvalue weighted by Gasteiger charge is -2.26. The molecule has 4 heteroatoms. The lowest BCUT2D eigenvalue weighted by molar-refractivity contribution is 0.0601. The molecule has 0 unspecified atom stereocenters. The minimum Gasteiger partial charge on any atom is -0.396 e. The number of aliphatic hydroxyl groups is 1. The van der Waals surface area contributed by atoms with Gasteiger partial charge in [-0.05, 0) is 23.9 Å². The van der Waals surface area contributed by atoms with Crippen molar-refractivity contribution in [1.82, 2.24) is 4.90 Å². The van der Waals surface area contributed by atoms with Crippen LogP contribution in [-0.4, -0.2) is 35.0 Å². The molecule has 0 saturated carbocycles. The molecule has 0 atom stereocenters. The largest absolute Gasteiger partial charge is 0.396 e. The molecule has 0 bridgehead atoms. The molecular weight excluding hydrogens is 242 g/mol. The maximum atomic E-state index is 12.3. The van der Waals surface area contributed by atoms with E-state index < -0.39 is 0 Å². The van der Waals surface area contributed by atoms with Gasteiger partial charge in [0.1, 0.15) is 0 Å². The van der Waals surface area contributed by atoms with Gasteiger partial charge >= 0.3 is 0 Å². The third kappa shape index (κ3) is 1.72. The summed E-state index contributed by atoms with van der Waals surface area (Å²) >= 11 is 0. The van der Waals surface area contributed by atoms with Crippen molar-refractivity contribution in [2.24, 2.45) is 0 Å². The zero-order valence-corrected chi connectivity index (χ0v) is 10.3. The quantitative estimate of drug-likeness (QED) is 0.851. The van der Waals surface area contributed by atoms with Gasteiger partial charge in [0.15, 0.2) is 0 Å². The first-order chi connectivity index (χ1) is 9.24. The SMILES string of the molecule is O=C1c2cccc3cccc(c23)C(=O)N1CCCO. The van der Waals surface area contributed by atoms with Crippen LogP contribution in [0.15, 0.2) is 36.4 Å². The molecule has 0 fully saturated rings. The Hall–Kier alpha value is -2.20. The maximum absolute atomic E-state index is 12.3. The number of nitrogens with zero attached hydrogens (tertiary/aromatic N) is 1. The third-order valence-electron chi connectivity index (χ3n) is 3.40. The van der Waals surface area contributed by atoms with Crippen LogP contribution in [0.1, 0.15) is 27.1 Å². The number of benzene rings is 2. The molecule has 0 saturated heterocycles. The Bertz CT molecular complexity index is 627. The number of hydrogen-bond donors (Lipinski definition) is 1. The monoisotopic (exact) mass is 255 g/mol. The Morgan fingerprint density at radius 3 is 2.05 bits per heavy atom. The highest BCUT2D eigenvalue weighted by Gasteiger charge is 2.31. The van der Waals surface area contributed by atoms with Crippen molar-refractivity contribution in [3.8, 4) is 0 Å². The van der Waals surface area contributed by atoms with Gasteiger partial charge in [0.05, 0.1) is 0 Å². The van der Waals surface area contributed by atoms with Crippen molar-refractivity contribution in [1.29, 1.82) is 0 Å². The fourth-order valence-corrected chi connectivity index (χ4v) is 2.51. The van der Waals surface area contributed by atoms with Crippen molar-refractivity contribution >= 4 is 22.6 Å². The second kappa shape index (κ2) is 4.48. The van der Waals surface area contributed by atoms with Crippen molar-refractivity contribution in [2.75, 3.05) is 13.2 Å². The first-order valence-electron chi connectivity index (χ1n) is 6.23. The van der Waals surface area contributed by atoms with Crippen LogP contribution in [-0.2, 0) is 0 Å². The van der Waals surface area contributed by atoms with E-state index in [1.807, 2.05) is 24.3 Å². The molecule has 3 rings (SSSR count). The number of carbonyl (C=O) groups is 2. The number of rotatable bonds is 3. The van der Waals surface area contributed by atoms with Crippen LogP contribution in [0.5, 0.6) is 0 Å². The predicted molar refractivity (Wildman–Crippen MR) is 71.0 cm³/mol. The number of aliphatic hydroxyl groups excluding tert-OH is 1. The average molecular weight is 255 g/mol. The molecule has 2 amide bonds. The molecule has 1 aliphatic rings. The van der Waals surface area contributed by atoms with Gasteiger partial charge in [-0.25, -0.2) is 0 Å². The van der Waals surface area contributed by atoms with E-state index in [0.717, 1.165) is 10.8 Å². The Morgan fingerprint density at radius 1 is 0.947 bits per heavy atom. The number of carbonyl (C=O) groups excluding carboxylic acids is 2. The Balaban J connectivity index is 2.19. The zero-order chi connectivity index (χ0) is 13.4. The van der Waals surface area contributed by atoms with Crippen molar-refractivity contribution < 1.29 is 14.7 Å². The minimum absolute atomic E-state index is 0.0388. The third-order valence-corrected chi connectivity index (χ3v) is 3.40. The molecule has 0 spiro atoms. The summed E-state index contributed by atoms with van der Waals surface area (Å²) < 4.78 is 0. The van der Waals surface area contributed by atoms with Gasteiger partial charge in [-0.1, -0.05) is 24.3 Å². The highest BCUT2D eigenvalue weighted by atomic mass is 16.3. The van der Waals surface area contributed by atoms with Crippen LogP contribution in [0, 0.1) is 0 Å². The van der Waals surface area contributed by atoms with Crippen LogP contribution in [0.3, 0.4) is 0 Å². The van der Waals surface area contributed by atoms with E-state index in [0.29, 0.717) is 17.5 Å². The molecule has 1 aliphatic heterocycles. The van der Waals surface area contributed by atoms with Gasteiger partial charge in [0, 0.05) is 29.7 Å². The molecule has 0 aliphatic carbocycles. The number of imide groups is 1. The minimum atomic E-state index is -0.275. The van der Waals surface area contributed by atoms with Crippen molar-refractivity contribution in [3.63, 3.8) is 0 Å². The van der Waals surface area contributed by atoms with E-state index in [2.05, 4.69) is 0 Å². The van der Waals surface area contributed by atoms with Crippen LogP contribution in [0.25, 0.3) is 10.8 Å². The summed E-state index contributed by atoms with van der Waals surface area (Å²) in [5.74, 6) is -0.550. The van der Waals surface area contributed by atoms with E-state index in [1.54, 1.807) is 12.1 Å². The molecule has 0 aromatic heterocycles. The van der Waals surface area contributed by atoms with Crippen molar-refractivity contribution in [3.05, 3.63) is 47.5 Å². The van der Waals surface area contributed by atoms with Gasteiger partial charge in [0.2, 0.25) is 0 Å². The second-order valence-corrected chi connectivity index (χ2v) is 4.55. The fourth-order valence-electron chi connectivity index (χ4n) is 2.51. The fraction of sp³-hybridized carbons (Fsp3) is 0.200. The Kier molecular flexibility index (Phi) is 2.80. The summed E-state index contributed by atoms with van der Waals surface area (Å²) in [6.45, 7) is 0.210. The van der Waals surface area contributed by atoms with Crippen LogP contribution < -0.4 is 0 Å². The number of amides is 2. The molecule has 4 nitrogen and oxygen atoms in total. The lowest BCUT2D eigenvalue weighted by Crippen LogP contribution is -2.41. The van der Waals surface area contributed by atoms with Crippen molar-refractivity contribution in [2.45, 2.75) is 6.42 Å². The normalized spacial score (nSPS) is 14.3. The molecule has 2 aromatic rings. The Morgan fingerprint density at radius 2 is 1.53 bits per heavy atom. The Labute approximate surface area is 110 Å². The first kappa shape index (κ1) is 11.9. The smallest absolute Gasteiger partial charge is 0.261 e. The maximum Gasteiger partial charge on any atom is 0.261 e. The summed E-state index contributed by atoms with van der Waals surface area (Å²) in [6.07, 6.45) is 0.398. The molecular formula is C15H13NO3. The van der Waals surface area contributed by atoms with Crippen LogP contribution in [0.4, 0.5) is 0 Å². The summed E-state index contributed by atoms with van der Waals surface area (Å²) in [7, 11) is 0. The standard InChI is InChI=1S/C15H13NO3/c17-9-3-8-16-14(18)11-6-1-4-10-5-2-7-12(13(10)11)15(16)19/h1-2,4-7,17H,3,8-9H2. The van der Waals surface area contributed by atoms with E-state index in [-0.39, 0.29) is 25.0 Å². The molecule has 1 heterocycles. The molecule has 1 N–H and O–H groups in total. The van der Waals surface area contributed by atoms with E-state index in [9.17, 15) is 9.59 Å². The highest BCUT2D eigenvalue weighted by Crippen LogP contribution is 2.29. The molecule has 2 aromatic carbocycles. The van der Waals surface area contributed by atoms with Gasteiger partial charge in [-0.15, -0.1) is 0 Å². The van der Waals surface area contributed by atoms with Gasteiger partial charge in [0.25, 0.3) is 11.8 Å². The first-order valence-corrected chi connectivity index (χ1v) is 6.23. The summed E-state index contributed by atoms with van der Waals surface area (Å²) in [6, 6.07) is 10.9. The summed E-state index contributed by atoms with van der Waals surface area (Å²) in [5.41, 5.74) is 1.12. The van der Waals surface area contributed by atoms with Gasteiger partial charge < -0.3 is 5.11 Å². The topological polar surface area (TPSA) is 57.6 Å². The highest BCUT2D eigenvalue weighted by molar-refractivity contribution is 6.25. The van der Waals surface area contributed by atoms with E-state index >= 15 is 0 Å². The number of hydrogen-bond acceptors (Lipinski definition) is 3. The molecule has 96 valence electrons.